The molecule has 0 radical (unpaired) electrons. The van der Waals surface area contributed by atoms with Gasteiger partial charge in [0.15, 0.2) is 0 Å². The molecule has 3 aromatic rings. The van der Waals surface area contributed by atoms with Crippen LogP contribution in [-0.4, -0.2) is 74.6 Å². The Bertz CT molecular complexity index is 1500. The minimum atomic E-state index is -0.802. The Balaban J connectivity index is 1.47. The number of nitrogens with two attached hydrogens (primary N) is 1. The van der Waals surface area contributed by atoms with E-state index in [2.05, 4.69) is 17.3 Å². The molecular weight excluding hydrogens is 558 g/mol. The van der Waals surface area contributed by atoms with Crippen LogP contribution in [0.5, 0.6) is 5.75 Å². The Kier molecular flexibility index (Phi) is 9.47. The van der Waals surface area contributed by atoms with Crippen molar-refractivity contribution in [1.29, 1.82) is 0 Å². The van der Waals surface area contributed by atoms with E-state index in [1.807, 2.05) is 55.5 Å². The number of urea groups is 1. The standard InChI is InChI=1S/C33H39N7O4/c1-3-17-38(33(44)35-19-24-9-6-5-7-10-24)39-22-30(42)40-28(18-23-13-15-27(41)16-14-23)32(43)37(21-29(39)40)20-26-12-8-11-25(4-2)31(26)36-34/h4-16,28-29,36,41H,2-3,17-22,34H2,1H3,(H,35,44)/t28-,29+/m0/s1. The predicted molar refractivity (Wildman–Crippen MR) is 168 cm³/mol. The van der Waals surface area contributed by atoms with Crippen molar-refractivity contribution in [3.05, 3.63) is 102 Å². The first kappa shape index (κ1) is 30.6. The first-order chi connectivity index (χ1) is 21.3. The summed E-state index contributed by atoms with van der Waals surface area (Å²) in [5, 5.41) is 16.2. The average Bonchev–Trinajstić information content (AvgIpc) is 3.36. The van der Waals surface area contributed by atoms with Crippen LogP contribution in [0.25, 0.3) is 6.08 Å². The van der Waals surface area contributed by atoms with Crippen molar-refractivity contribution in [2.24, 2.45) is 5.84 Å². The van der Waals surface area contributed by atoms with Gasteiger partial charge in [0.2, 0.25) is 11.8 Å². The second-order valence-corrected chi connectivity index (χ2v) is 11.0. The summed E-state index contributed by atoms with van der Waals surface area (Å²) in [5.41, 5.74) is 6.79. The van der Waals surface area contributed by atoms with Gasteiger partial charge < -0.3 is 25.6 Å². The number of hydrogen-bond acceptors (Lipinski definition) is 7. The van der Waals surface area contributed by atoms with Gasteiger partial charge in [-0.25, -0.2) is 4.79 Å². The van der Waals surface area contributed by atoms with Crippen molar-refractivity contribution < 1.29 is 19.5 Å². The molecular formula is C33H39N7O4. The highest BCUT2D eigenvalue weighted by atomic mass is 16.3. The maximum Gasteiger partial charge on any atom is 0.332 e. The molecule has 3 aromatic carbocycles. The zero-order chi connectivity index (χ0) is 31.2. The molecule has 0 bridgehead atoms. The number of nitrogens with zero attached hydrogens (tertiary/aromatic N) is 4. The molecule has 0 aromatic heterocycles. The number of aromatic hydroxyl groups is 1. The second-order valence-electron chi connectivity index (χ2n) is 11.0. The molecule has 11 nitrogen and oxygen atoms in total. The van der Waals surface area contributed by atoms with E-state index in [-0.39, 0.29) is 49.7 Å². The van der Waals surface area contributed by atoms with Gasteiger partial charge in [-0.2, -0.15) is 5.01 Å². The summed E-state index contributed by atoms with van der Waals surface area (Å²) in [6.45, 7) is 7.01. The van der Waals surface area contributed by atoms with Gasteiger partial charge in [0.05, 0.1) is 18.8 Å². The van der Waals surface area contributed by atoms with E-state index < -0.39 is 12.2 Å². The Morgan fingerprint density at radius 2 is 1.82 bits per heavy atom. The first-order valence-corrected chi connectivity index (χ1v) is 14.8. The summed E-state index contributed by atoms with van der Waals surface area (Å²) < 4.78 is 0. The van der Waals surface area contributed by atoms with E-state index >= 15 is 0 Å². The molecule has 4 amide bonds. The summed E-state index contributed by atoms with van der Waals surface area (Å²) in [6, 6.07) is 20.8. The van der Waals surface area contributed by atoms with Crippen molar-refractivity contribution >= 4 is 29.6 Å². The van der Waals surface area contributed by atoms with Gasteiger partial charge in [-0.3, -0.25) is 20.4 Å². The van der Waals surface area contributed by atoms with Crippen LogP contribution in [0, 0.1) is 0 Å². The number of carbonyl (C=O) groups is 3. The van der Waals surface area contributed by atoms with Crippen molar-refractivity contribution in [3.8, 4) is 5.75 Å². The van der Waals surface area contributed by atoms with E-state index in [1.54, 1.807) is 50.2 Å². The number of carbonyl (C=O) groups excluding carboxylic acids is 3. The number of benzene rings is 3. The fourth-order valence-corrected chi connectivity index (χ4v) is 5.97. The molecule has 2 atom stereocenters. The van der Waals surface area contributed by atoms with Gasteiger partial charge in [0.1, 0.15) is 18.0 Å². The number of fused-ring (bicyclic) bond motifs is 1. The maximum atomic E-state index is 14.1. The zero-order valence-corrected chi connectivity index (χ0v) is 24.9. The molecule has 0 saturated carbocycles. The third kappa shape index (κ3) is 6.38. The lowest BCUT2D eigenvalue weighted by atomic mass is 9.99. The minimum absolute atomic E-state index is 0.0296. The number of nitrogen functional groups attached to an aromatic ring is 1. The summed E-state index contributed by atoms with van der Waals surface area (Å²) >= 11 is 0. The quantitative estimate of drug-likeness (QED) is 0.197. The first-order valence-electron chi connectivity index (χ1n) is 14.8. The summed E-state index contributed by atoms with van der Waals surface area (Å²) in [7, 11) is 0. The normalized spacial score (nSPS) is 18.2. The van der Waals surface area contributed by atoms with Crippen LogP contribution in [0.4, 0.5) is 10.5 Å². The number of anilines is 1. The minimum Gasteiger partial charge on any atom is -0.508 e. The molecule has 230 valence electrons. The summed E-state index contributed by atoms with van der Waals surface area (Å²) in [5.74, 6) is 5.57. The van der Waals surface area contributed by atoms with Crippen LogP contribution in [0.15, 0.2) is 79.4 Å². The number of phenols is 1. The van der Waals surface area contributed by atoms with Gasteiger partial charge in [-0.1, -0.05) is 80.2 Å². The number of amides is 4. The van der Waals surface area contributed by atoms with Crippen LogP contribution >= 0.6 is 0 Å². The van der Waals surface area contributed by atoms with Crippen LogP contribution in [0.3, 0.4) is 0 Å². The zero-order valence-electron chi connectivity index (χ0n) is 24.9. The van der Waals surface area contributed by atoms with Crippen molar-refractivity contribution in [1.82, 2.24) is 25.1 Å². The summed E-state index contributed by atoms with van der Waals surface area (Å²) in [6.07, 6.45) is 2.07. The Morgan fingerprint density at radius 3 is 2.50 bits per heavy atom. The molecule has 0 spiro atoms. The number of rotatable bonds is 11. The van der Waals surface area contributed by atoms with E-state index in [0.29, 0.717) is 25.2 Å². The van der Waals surface area contributed by atoms with Crippen molar-refractivity contribution in [2.45, 2.75) is 45.1 Å². The van der Waals surface area contributed by atoms with Gasteiger partial charge in [0.25, 0.3) is 0 Å². The van der Waals surface area contributed by atoms with Gasteiger partial charge in [-0.05, 0) is 40.8 Å². The van der Waals surface area contributed by atoms with Crippen molar-refractivity contribution in [3.63, 3.8) is 0 Å². The number of piperazine rings is 1. The molecule has 0 aliphatic carbocycles. The van der Waals surface area contributed by atoms with E-state index in [9.17, 15) is 19.5 Å². The largest absolute Gasteiger partial charge is 0.508 e. The number of phenolic OH excluding ortho intramolecular Hbond substituents is 1. The Labute approximate surface area is 257 Å². The summed E-state index contributed by atoms with van der Waals surface area (Å²) in [4.78, 5) is 44.7. The monoisotopic (exact) mass is 597 g/mol. The van der Waals surface area contributed by atoms with Crippen LogP contribution in [0.2, 0.25) is 0 Å². The molecule has 11 heteroatoms. The molecule has 44 heavy (non-hydrogen) atoms. The highest BCUT2D eigenvalue weighted by Gasteiger charge is 2.52. The van der Waals surface area contributed by atoms with Gasteiger partial charge >= 0.3 is 6.03 Å². The van der Waals surface area contributed by atoms with Crippen molar-refractivity contribution in [2.75, 3.05) is 25.1 Å². The molecule has 2 saturated heterocycles. The number of nitrogens with one attached hydrogen (secondary N) is 2. The van der Waals surface area contributed by atoms with E-state index in [4.69, 9.17) is 5.84 Å². The number of hydrogen-bond donors (Lipinski definition) is 4. The maximum absolute atomic E-state index is 14.1. The van der Waals surface area contributed by atoms with Crippen LogP contribution in [-0.2, 0) is 29.1 Å². The smallest absolute Gasteiger partial charge is 0.332 e. The Hall–Kier alpha value is -4.87. The second kappa shape index (κ2) is 13.6. The van der Waals surface area contributed by atoms with E-state index in [0.717, 1.165) is 22.3 Å². The van der Waals surface area contributed by atoms with Gasteiger partial charge in [-0.15, -0.1) is 0 Å². The van der Waals surface area contributed by atoms with E-state index in [1.165, 1.54) is 0 Å². The van der Waals surface area contributed by atoms with Crippen LogP contribution in [0.1, 0.15) is 35.6 Å². The third-order valence-corrected chi connectivity index (χ3v) is 8.11. The lowest BCUT2D eigenvalue weighted by Gasteiger charge is -2.46. The Morgan fingerprint density at radius 1 is 1.07 bits per heavy atom. The molecule has 5 rings (SSSR count). The lowest BCUT2D eigenvalue weighted by molar-refractivity contribution is -0.157. The van der Waals surface area contributed by atoms with Gasteiger partial charge in [0, 0.05) is 26.1 Å². The molecule has 2 aliphatic rings. The fourth-order valence-electron chi connectivity index (χ4n) is 5.97. The molecule has 2 heterocycles. The molecule has 0 unspecified atom stereocenters. The molecule has 5 N–H and O–H groups in total. The topological polar surface area (TPSA) is 134 Å². The molecule has 2 fully saturated rings. The SMILES string of the molecule is C=Cc1cccc(CN2C[C@H]3N(C(=O)CN3N(CCC)C(=O)NCc3ccccc3)[C@@H](Cc3ccc(O)cc3)C2=O)c1NN. The highest BCUT2D eigenvalue weighted by Crippen LogP contribution is 2.32. The molecule has 2 aliphatic heterocycles. The fraction of sp³-hybridized carbons (Fsp3) is 0.303. The number of para-hydroxylation sites is 1. The predicted octanol–water partition coefficient (Wildman–Crippen LogP) is 3.28. The highest BCUT2D eigenvalue weighted by molar-refractivity contribution is 5.92. The number of hydrazine groups is 2. The average molecular weight is 598 g/mol. The lowest BCUT2D eigenvalue weighted by Crippen LogP contribution is -2.66. The third-order valence-electron chi connectivity index (χ3n) is 8.11. The van der Waals surface area contributed by atoms with Crippen LogP contribution < -0.4 is 16.6 Å².